The molecular weight excluding hydrogens is 474 g/mol. The van der Waals surface area contributed by atoms with Crippen LogP contribution >= 0.6 is 0 Å². The van der Waals surface area contributed by atoms with E-state index in [4.69, 9.17) is 14.7 Å². The zero-order chi connectivity index (χ0) is 24.7. The highest BCUT2D eigenvalue weighted by atomic mass is 32.2. The lowest BCUT2D eigenvalue weighted by atomic mass is 10.1. The third-order valence-corrected chi connectivity index (χ3v) is 7.87. The molecule has 36 heavy (non-hydrogen) atoms. The van der Waals surface area contributed by atoms with Crippen molar-refractivity contribution in [2.45, 2.75) is 4.90 Å². The summed E-state index contributed by atoms with van der Waals surface area (Å²) in [7, 11) is -1.64. The van der Waals surface area contributed by atoms with Gasteiger partial charge in [-0.15, -0.1) is 0 Å². The monoisotopic (exact) mass is 499 g/mol. The van der Waals surface area contributed by atoms with E-state index in [9.17, 15) is 8.42 Å². The topological polar surface area (TPSA) is 89.3 Å². The molecule has 0 spiro atoms. The highest BCUT2D eigenvalue weighted by Gasteiger charge is 2.20. The summed E-state index contributed by atoms with van der Waals surface area (Å²) in [6, 6.07) is 21.8. The number of rotatable bonds is 5. The zero-order valence-electron chi connectivity index (χ0n) is 19.8. The normalized spacial score (nSPS) is 14.4. The predicted octanol–water partition coefficient (Wildman–Crippen LogP) is 4.43. The molecule has 182 valence electrons. The number of hydrogen-bond acceptors (Lipinski definition) is 6. The fourth-order valence-corrected chi connectivity index (χ4v) is 5.65. The Bertz CT molecular complexity index is 1660. The maximum absolute atomic E-state index is 12.7. The molecule has 2 aromatic heterocycles. The van der Waals surface area contributed by atoms with Crippen LogP contribution in [0.1, 0.15) is 0 Å². The smallest absolute Gasteiger partial charge is 0.261 e. The lowest BCUT2D eigenvalue weighted by Gasteiger charge is -2.29. The summed E-state index contributed by atoms with van der Waals surface area (Å²) in [6.07, 6.45) is 2.04. The van der Waals surface area contributed by atoms with Gasteiger partial charge in [0.05, 0.1) is 23.6 Å². The summed E-state index contributed by atoms with van der Waals surface area (Å²) in [6.45, 7) is 2.84. The molecule has 1 aliphatic heterocycles. The number of benzene rings is 3. The van der Waals surface area contributed by atoms with Crippen molar-refractivity contribution in [2.75, 3.05) is 35.9 Å². The van der Waals surface area contributed by atoms with Crippen molar-refractivity contribution in [2.24, 2.45) is 7.05 Å². The number of morpholine rings is 1. The van der Waals surface area contributed by atoms with Gasteiger partial charge in [-0.25, -0.2) is 18.4 Å². The van der Waals surface area contributed by atoms with E-state index in [-0.39, 0.29) is 4.90 Å². The number of ether oxygens (including phenoxy) is 1. The van der Waals surface area contributed by atoms with Crippen molar-refractivity contribution >= 4 is 43.3 Å². The molecule has 0 radical (unpaired) electrons. The van der Waals surface area contributed by atoms with E-state index in [1.54, 1.807) is 42.5 Å². The van der Waals surface area contributed by atoms with Gasteiger partial charge < -0.3 is 14.2 Å². The summed E-state index contributed by atoms with van der Waals surface area (Å²) in [5.41, 5.74) is 3.28. The first-order valence-corrected chi connectivity index (χ1v) is 13.2. The van der Waals surface area contributed by atoms with E-state index < -0.39 is 10.0 Å². The van der Waals surface area contributed by atoms with Gasteiger partial charge in [0.2, 0.25) is 0 Å². The number of aryl methyl sites for hydroxylation is 1. The first kappa shape index (κ1) is 22.5. The van der Waals surface area contributed by atoms with Crippen LogP contribution in [0.3, 0.4) is 0 Å². The summed E-state index contributed by atoms with van der Waals surface area (Å²) < 4.78 is 35.7. The minimum Gasteiger partial charge on any atom is -0.378 e. The average Bonchev–Trinajstić information content (AvgIpc) is 3.30. The van der Waals surface area contributed by atoms with Crippen LogP contribution in [-0.2, 0) is 21.8 Å². The quantitative estimate of drug-likeness (QED) is 0.385. The molecule has 0 aliphatic carbocycles. The largest absolute Gasteiger partial charge is 0.378 e. The van der Waals surface area contributed by atoms with Gasteiger partial charge in [-0.1, -0.05) is 18.2 Å². The predicted molar refractivity (Wildman–Crippen MR) is 142 cm³/mol. The molecule has 1 N–H and O–H groups in total. The molecule has 1 fully saturated rings. The molecule has 6 rings (SSSR count). The maximum atomic E-state index is 12.7. The lowest BCUT2D eigenvalue weighted by molar-refractivity contribution is 0.122. The lowest BCUT2D eigenvalue weighted by Crippen LogP contribution is -2.37. The van der Waals surface area contributed by atoms with Crippen LogP contribution < -0.4 is 9.62 Å². The fraction of sp³-hybridized carbons (Fsp3) is 0.185. The Kier molecular flexibility index (Phi) is 5.58. The SMILES string of the molecule is Cn1ccc2c3nc(-c4ccc(NS(=O)(=O)c5ccccc5)cc4)nc(N4CCOCC4)c3ccc21. The molecule has 3 aromatic carbocycles. The van der Waals surface area contributed by atoms with E-state index in [2.05, 4.69) is 32.4 Å². The first-order valence-electron chi connectivity index (χ1n) is 11.8. The summed E-state index contributed by atoms with van der Waals surface area (Å²) in [4.78, 5) is 12.4. The molecule has 5 aromatic rings. The highest BCUT2D eigenvalue weighted by Crippen LogP contribution is 2.33. The molecule has 1 saturated heterocycles. The first-order chi connectivity index (χ1) is 17.5. The van der Waals surface area contributed by atoms with Crippen molar-refractivity contribution in [3.05, 3.63) is 79.0 Å². The van der Waals surface area contributed by atoms with E-state index in [0.717, 1.165) is 46.3 Å². The third kappa shape index (κ3) is 4.06. The second-order valence-electron chi connectivity index (χ2n) is 8.79. The highest BCUT2D eigenvalue weighted by molar-refractivity contribution is 7.92. The van der Waals surface area contributed by atoms with E-state index in [1.165, 1.54) is 0 Å². The van der Waals surface area contributed by atoms with Gasteiger partial charge in [0.1, 0.15) is 5.82 Å². The van der Waals surface area contributed by atoms with Gasteiger partial charge in [-0.05, 0) is 54.6 Å². The minimum atomic E-state index is -3.66. The van der Waals surface area contributed by atoms with Crippen LogP contribution in [0.2, 0.25) is 0 Å². The Morgan fingerprint density at radius 1 is 0.861 bits per heavy atom. The number of anilines is 2. The van der Waals surface area contributed by atoms with Gasteiger partial charge in [0.25, 0.3) is 10.0 Å². The van der Waals surface area contributed by atoms with E-state index in [0.29, 0.717) is 24.7 Å². The maximum Gasteiger partial charge on any atom is 0.261 e. The van der Waals surface area contributed by atoms with Crippen LogP contribution in [0.25, 0.3) is 33.2 Å². The minimum absolute atomic E-state index is 0.217. The Balaban J connectivity index is 1.41. The van der Waals surface area contributed by atoms with Crippen molar-refractivity contribution < 1.29 is 13.2 Å². The second-order valence-corrected chi connectivity index (χ2v) is 10.5. The Morgan fingerprint density at radius 3 is 2.36 bits per heavy atom. The van der Waals surface area contributed by atoms with Crippen molar-refractivity contribution in [3.8, 4) is 11.4 Å². The van der Waals surface area contributed by atoms with Crippen molar-refractivity contribution in [1.29, 1.82) is 0 Å². The number of aromatic nitrogens is 3. The van der Waals surface area contributed by atoms with Crippen molar-refractivity contribution in [3.63, 3.8) is 0 Å². The summed E-state index contributed by atoms with van der Waals surface area (Å²) in [5.74, 6) is 1.48. The zero-order valence-corrected chi connectivity index (χ0v) is 20.6. The molecule has 0 atom stereocenters. The molecule has 0 amide bonds. The van der Waals surface area contributed by atoms with Gasteiger partial charge >= 0.3 is 0 Å². The average molecular weight is 500 g/mol. The van der Waals surface area contributed by atoms with Crippen LogP contribution in [0, 0.1) is 0 Å². The van der Waals surface area contributed by atoms with Crippen LogP contribution in [-0.4, -0.2) is 49.3 Å². The second kappa shape index (κ2) is 8.92. The van der Waals surface area contributed by atoms with E-state index >= 15 is 0 Å². The Morgan fingerprint density at radius 2 is 1.61 bits per heavy atom. The number of nitrogens with zero attached hydrogens (tertiary/aromatic N) is 4. The molecule has 0 bridgehead atoms. The molecule has 1 aliphatic rings. The number of hydrogen-bond donors (Lipinski definition) is 1. The molecule has 8 nitrogen and oxygen atoms in total. The van der Waals surface area contributed by atoms with Gasteiger partial charge in [0, 0.05) is 53.9 Å². The number of fused-ring (bicyclic) bond motifs is 3. The molecular formula is C27H25N5O3S. The Hall–Kier alpha value is -3.95. The van der Waals surface area contributed by atoms with Crippen LogP contribution in [0.4, 0.5) is 11.5 Å². The van der Waals surface area contributed by atoms with Crippen LogP contribution in [0.5, 0.6) is 0 Å². The number of sulfonamides is 1. The third-order valence-electron chi connectivity index (χ3n) is 6.47. The number of nitrogens with one attached hydrogen (secondary N) is 1. The molecule has 9 heteroatoms. The van der Waals surface area contributed by atoms with Gasteiger partial charge in [-0.3, -0.25) is 4.72 Å². The summed E-state index contributed by atoms with van der Waals surface area (Å²) in [5, 5.41) is 2.08. The Labute approximate surface area is 209 Å². The van der Waals surface area contributed by atoms with Crippen molar-refractivity contribution in [1.82, 2.24) is 14.5 Å². The molecule has 0 saturated carbocycles. The summed E-state index contributed by atoms with van der Waals surface area (Å²) >= 11 is 0. The standard InChI is InChI=1S/C27H25N5O3S/c1-31-14-13-22-24(31)12-11-23-25(22)28-26(29-27(23)32-15-17-35-18-16-32)19-7-9-20(10-8-19)30-36(33,34)21-5-3-2-4-6-21/h2-14,30H,15-18H2,1H3. The molecule has 3 heterocycles. The van der Waals surface area contributed by atoms with Gasteiger partial charge in [-0.2, -0.15) is 0 Å². The van der Waals surface area contributed by atoms with Crippen LogP contribution in [0.15, 0.2) is 83.9 Å². The van der Waals surface area contributed by atoms with Gasteiger partial charge in [0.15, 0.2) is 5.82 Å². The molecule has 0 unspecified atom stereocenters. The van der Waals surface area contributed by atoms with E-state index in [1.807, 2.05) is 25.4 Å². The fourth-order valence-electron chi connectivity index (χ4n) is 4.57.